The molecule has 4 heterocycles. The molecule has 0 radical (unpaired) electrons. The van der Waals surface area contributed by atoms with Gasteiger partial charge in [-0.15, -0.1) is 0 Å². The lowest BCUT2D eigenvalue weighted by molar-refractivity contribution is -0.116. The highest BCUT2D eigenvalue weighted by Crippen LogP contribution is 2.35. The SMILES string of the molecule is CN(C)CC(=O)Nc1cncc(-c2ccc3[nH]nc(-c4cc5c(-c6ccccn6)cccc5[nH]4)c3c2)c1. The molecule has 3 N–H and O–H groups in total. The molecule has 0 spiro atoms. The van der Waals surface area contributed by atoms with E-state index >= 15 is 0 Å². The summed E-state index contributed by atoms with van der Waals surface area (Å²) in [6.07, 6.45) is 5.26. The maximum Gasteiger partial charge on any atom is 0.238 e. The van der Waals surface area contributed by atoms with Gasteiger partial charge in [0.1, 0.15) is 5.69 Å². The van der Waals surface area contributed by atoms with Crippen LogP contribution >= 0.6 is 0 Å². The van der Waals surface area contributed by atoms with Crippen molar-refractivity contribution < 1.29 is 4.79 Å². The van der Waals surface area contributed by atoms with Crippen LogP contribution in [-0.4, -0.2) is 56.6 Å². The van der Waals surface area contributed by atoms with Gasteiger partial charge in [0, 0.05) is 39.8 Å². The van der Waals surface area contributed by atoms with E-state index in [1.165, 1.54) is 0 Å². The van der Waals surface area contributed by atoms with Crippen LogP contribution in [0, 0.1) is 0 Å². The van der Waals surface area contributed by atoms with E-state index in [-0.39, 0.29) is 5.91 Å². The number of fused-ring (bicyclic) bond motifs is 2. The number of aromatic amines is 2. The highest BCUT2D eigenvalue weighted by Gasteiger charge is 2.15. The summed E-state index contributed by atoms with van der Waals surface area (Å²) < 4.78 is 0. The Morgan fingerprint density at radius 1 is 0.919 bits per heavy atom. The number of pyridine rings is 2. The van der Waals surface area contributed by atoms with Gasteiger partial charge in [0.25, 0.3) is 0 Å². The molecule has 0 aliphatic carbocycles. The summed E-state index contributed by atoms with van der Waals surface area (Å²) >= 11 is 0. The molecular weight excluding hydrogens is 462 g/mol. The second kappa shape index (κ2) is 9.33. The second-order valence-corrected chi connectivity index (χ2v) is 9.25. The largest absolute Gasteiger partial charge is 0.353 e. The number of nitrogens with zero attached hydrogens (tertiary/aromatic N) is 4. The van der Waals surface area contributed by atoms with Crippen molar-refractivity contribution in [3.05, 3.63) is 85.3 Å². The summed E-state index contributed by atoms with van der Waals surface area (Å²) in [6, 6.07) is 22.3. The molecule has 182 valence electrons. The average Bonchev–Trinajstić information content (AvgIpc) is 3.52. The van der Waals surface area contributed by atoms with Crippen LogP contribution in [0.4, 0.5) is 5.69 Å². The molecule has 8 heteroatoms. The third-order valence-electron chi connectivity index (χ3n) is 6.24. The molecule has 0 aliphatic rings. The van der Waals surface area contributed by atoms with Gasteiger partial charge in [-0.05, 0) is 62.1 Å². The van der Waals surface area contributed by atoms with Gasteiger partial charge in [-0.2, -0.15) is 5.10 Å². The van der Waals surface area contributed by atoms with Gasteiger partial charge in [-0.25, -0.2) is 0 Å². The average molecular weight is 488 g/mol. The number of hydrogen-bond donors (Lipinski definition) is 3. The lowest BCUT2D eigenvalue weighted by Crippen LogP contribution is -2.27. The van der Waals surface area contributed by atoms with Crippen LogP contribution in [0.1, 0.15) is 0 Å². The van der Waals surface area contributed by atoms with Crippen LogP contribution in [0.2, 0.25) is 0 Å². The van der Waals surface area contributed by atoms with Crippen molar-refractivity contribution in [2.75, 3.05) is 26.0 Å². The van der Waals surface area contributed by atoms with Gasteiger partial charge in [0.2, 0.25) is 5.91 Å². The van der Waals surface area contributed by atoms with Crippen LogP contribution in [0.5, 0.6) is 0 Å². The highest BCUT2D eigenvalue weighted by molar-refractivity contribution is 6.01. The molecule has 0 fully saturated rings. The van der Waals surface area contributed by atoms with Crippen molar-refractivity contribution in [1.29, 1.82) is 0 Å². The van der Waals surface area contributed by atoms with Gasteiger partial charge >= 0.3 is 0 Å². The number of nitrogens with one attached hydrogen (secondary N) is 3. The van der Waals surface area contributed by atoms with Gasteiger partial charge in [-0.1, -0.05) is 24.3 Å². The fraction of sp³-hybridized carbons (Fsp3) is 0.103. The van der Waals surface area contributed by atoms with Crippen molar-refractivity contribution in [2.24, 2.45) is 0 Å². The molecule has 0 unspecified atom stereocenters. The molecule has 37 heavy (non-hydrogen) atoms. The number of rotatable bonds is 6. The molecule has 6 rings (SSSR count). The van der Waals surface area contributed by atoms with Gasteiger partial charge in [0.05, 0.1) is 35.3 Å². The number of carbonyl (C=O) groups excluding carboxylic acids is 1. The first-order valence-electron chi connectivity index (χ1n) is 12.0. The topological polar surface area (TPSA) is 103 Å². The highest BCUT2D eigenvalue weighted by atomic mass is 16.2. The number of anilines is 1. The minimum atomic E-state index is -0.0830. The van der Waals surface area contributed by atoms with Gasteiger partial charge < -0.3 is 15.2 Å². The normalized spacial score (nSPS) is 11.4. The molecule has 8 nitrogen and oxygen atoms in total. The molecule has 0 saturated heterocycles. The number of H-pyrrole nitrogens is 2. The first-order chi connectivity index (χ1) is 18.0. The Morgan fingerprint density at radius 3 is 2.68 bits per heavy atom. The zero-order valence-corrected chi connectivity index (χ0v) is 20.5. The number of carbonyl (C=O) groups is 1. The smallest absolute Gasteiger partial charge is 0.238 e. The molecule has 0 aliphatic heterocycles. The maximum atomic E-state index is 12.2. The van der Waals surface area contributed by atoms with E-state index < -0.39 is 0 Å². The predicted octanol–water partition coefficient (Wildman–Crippen LogP) is 5.34. The van der Waals surface area contributed by atoms with E-state index in [1.54, 1.807) is 12.4 Å². The van der Waals surface area contributed by atoms with E-state index in [1.807, 2.05) is 67.7 Å². The Hall–Kier alpha value is -4.82. The summed E-state index contributed by atoms with van der Waals surface area (Å²) in [7, 11) is 3.72. The molecule has 1 amide bonds. The Balaban J connectivity index is 1.38. The molecule has 4 aromatic heterocycles. The number of aromatic nitrogens is 5. The van der Waals surface area contributed by atoms with Crippen LogP contribution in [-0.2, 0) is 4.79 Å². The minimum absolute atomic E-state index is 0.0830. The van der Waals surface area contributed by atoms with Crippen LogP contribution < -0.4 is 5.32 Å². The zero-order valence-electron chi connectivity index (χ0n) is 20.5. The number of benzene rings is 2. The van der Waals surface area contributed by atoms with Crippen LogP contribution in [0.15, 0.2) is 85.3 Å². The summed E-state index contributed by atoms with van der Waals surface area (Å²) in [5.41, 5.74) is 8.27. The van der Waals surface area contributed by atoms with E-state index in [0.717, 1.165) is 55.6 Å². The zero-order chi connectivity index (χ0) is 25.4. The van der Waals surface area contributed by atoms with Crippen molar-refractivity contribution in [2.45, 2.75) is 0 Å². The Kier molecular flexibility index (Phi) is 5.71. The van der Waals surface area contributed by atoms with E-state index in [9.17, 15) is 4.79 Å². The molecule has 2 aromatic carbocycles. The third kappa shape index (κ3) is 4.46. The molecule has 0 saturated carbocycles. The lowest BCUT2D eigenvalue weighted by atomic mass is 10.0. The molecule has 0 bridgehead atoms. The Morgan fingerprint density at radius 2 is 1.84 bits per heavy atom. The number of hydrogen-bond acceptors (Lipinski definition) is 5. The third-order valence-corrected chi connectivity index (χ3v) is 6.24. The van der Waals surface area contributed by atoms with E-state index in [4.69, 9.17) is 0 Å². The second-order valence-electron chi connectivity index (χ2n) is 9.25. The standard InChI is InChI=1S/C29H25N7O/c1-36(2)17-28(37)32-20-12-19(15-30-16-20)18-9-10-26-23(13-18)29(35-34-26)27-14-22-21(6-5-8-25(22)33-27)24-7-3-4-11-31-24/h3-16,33H,17H2,1-2H3,(H,32,37)(H,34,35). The number of likely N-dealkylation sites (N-methyl/N-ethyl adjacent to an activating group) is 1. The van der Waals surface area contributed by atoms with Crippen molar-refractivity contribution in [1.82, 2.24) is 30.0 Å². The van der Waals surface area contributed by atoms with Gasteiger partial charge in [-0.3, -0.25) is 19.9 Å². The first kappa shape index (κ1) is 22.6. The predicted molar refractivity (Wildman–Crippen MR) is 147 cm³/mol. The fourth-order valence-electron chi connectivity index (χ4n) is 4.58. The minimum Gasteiger partial charge on any atom is -0.353 e. The summed E-state index contributed by atoms with van der Waals surface area (Å²) in [5.74, 6) is -0.0830. The molecular formula is C29H25N7O. The van der Waals surface area contributed by atoms with Crippen molar-refractivity contribution in [3.8, 4) is 33.8 Å². The van der Waals surface area contributed by atoms with Crippen molar-refractivity contribution >= 4 is 33.4 Å². The van der Waals surface area contributed by atoms with Crippen molar-refractivity contribution in [3.63, 3.8) is 0 Å². The quantitative estimate of drug-likeness (QED) is 0.294. The van der Waals surface area contributed by atoms with Gasteiger partial charge in [0.15, 0.2) is 0 Å². The fourth-order valence-corrected chi connectivity index (χ4v) is 4.58. The summed E-state index contributed by atoms with van der Waals surface area (Å²) in [6.45, 7) is 0.307. The first-order valence-corrected chi connectivity index (χ1v) is 12.0. The molecule has 0 atom stereocenters. The number of amides is 1. The Bertz CT molecular complexity index is 1730. The van der Waals surface area contributed by atoms with E-state index in [0.29, 0.717) is 12.2 Å². The Labute approximate surface area is 213 Å². The molecule has 6 aromatic rings. The summed E-state index contributed by atoms with van der Waals surface area (Å²) in [5, 5.41) is 12.8. The lowest BCUT2D eigenvalue weighted by Gasteiger charge is -2.11. The maximum absolute atomic E-state index is 12.2. The van der Waals surface area contributed by atoms with E-state index in [2.05, 4.69) is 54.7 Å². The van der Waals surface area contributed by atoms with Crippen LogP contribution in [0.3, 0.4) is 0 Å². The van der Waals surface area contributed by atoms with Crippen LogP contribution in [0.25, 0.3) is 55.6 Å². The monoisotopic (exact) mass is 487 g/mol. The summed E-state index contributed by atoms with van der Waals surface area (Å²) in [4.78, 5) is 26.4.